The SMILES string of the molecule is CC1CCCC(CBr)(NC(=O)Cc2c(F)cccc2F)C1. The van der Waals surface area contributed by atoms with E-state index in [9.17, 15) is 13.6 Å². The van der Waals surface area contributed by atoms with Gasteiger partial charge in [0, 0.05) is 16.4 Å². The lowest BCUT2D eigenvalue weighted by Gasteiger charge is -2.39. The maximum atomic E-state index is 13.6. The van der Waals surface area contributed by atoms with Crippen molar-refractivity contribution in [1.29, 1.82) is 0 Å². The van der Waals surface area contributed by atoms with E-state index in [2.05, 4.69) is 28.2 Å². The van der Waals surface area contributed by atoms with Gasteiger partial charge in [-0.3, -0.25) is 4.79 Å². The van der Waals surface area contributed by atoms with Gasteiger partial charge in [0.25, 0.3) is 0 Å². The number of amides is 1. The second-order valence-electron chi connectivity index (χ2n) is 6.04. The lowest BCUT2D eigenvalue weighted by molar-refractivity contribution is -0.122. The average molecular weight is 360 g/mol. The summed E-state index contributed by atoms with van der Waals surface area (Å²) < 4.78 is 27.2. The third-order valence-electron chi connectivity index (χ3n) is 4.15. The summed E-state index contributed by atoms with van der Waals surface area (Å²) in [4.78, 5) is 12.2. The molecule has 21 heavy (non-hydrogen) atoms. The predicted molar refractivity (Wildman–Crippen MR) is 82.4 cm³/mol. The molecule has 0 aliphatic heterocycles. The summed E-state index contributed by atoms with van der Waals surface area (Å²) in [7, 11) is 0. The summed E-state index contributed by atoms with van der Waals surface area (Å²) >= 11 is 3.48. The summed E-state index contributed by atoms with van der Waals surface area (Å²) in [5.41, 5.74) is -0.459. The number of rotatable bonds is 4. The number of hydrogen-bond donors (Lipinski definition) is 1. The second-order valence-corrected chi connectivity index (χ2v) is 6.60. The molecule has 0 bridgehead atoms. The fourth-order valence-electron chi connectivity index (χ4n) is 3.13. The third kappa shape index (κ3) is 4.02. The number of hydrogen-bond acceptors (Lipinski definition) is 1. The van der Waals surface area contributed by atoms with E-state index in [0.717, 1.165) is 25.7 Å². The molecule has 1 aromatic rings. The molecular weight excluding hydrogens is 340 g/mol. The molecule has 0 radical (unpaired) electrons. The molecule has 5 heteroatoms. The van der Waals surface area contributed by atoms with E-state index in [1.54, 1.807) is 0 Å². The number of nitrogens with one attached hydrogen (secondary N) is 1. The van der Waals surface area contributed by atoms with Crippen LogP contribution in [0.25, 0.3) is 0 Å². The Labute approximate surface area is 132 Å². The first-order valence-corrected chi connectivity index (χ1v) is 8.38. The zero-order chi connectivity index (χ0) is 15.5. The van der Waals surface area contributed by atoms with Crippen molar-refractivity contribution in [2.75, 3.05) is 5.33 Å². The maximum absolute atomic E-state index is 13.6. The molecule has 1 aliphatic rings. The van der Waals surface area contributed by atoms with Gasteiger partial charge in [0.15, 0.2) is 0 Å². The Morgan fingerprint density at radius 3 is 2.67 bits per heavy atom. The fraction of sp³-hybridized carbons (Fsp3) is 0.562. The summed E-state index contributed by atoms with van der Waals surface area (Å²) in [6.07, 6.45) is 3.74. The summed E-state index contributed by atoms with van der Waals surface area (Å²) in [6, 6.07) is 3.65. The molecule has 0 saturated heterocycles. The minimum atomic E-state index is -0.671. The molecule has 1 amide bonds. The van der Waals surface area contributed by atoms with Crippen LogP contribution < -0.4 is 5.32 Å². The molecule has 1 aliphatic carbocycles. The number of alkyl halides is 1. The molecule has 0 spiro atoms. The van der Waals surface area contributed by atoms with Crippen molar-refractivity contribution in [3.8, 4) is 0 Å². The number of carbonyl (C=O) groups excluding carboxylic acids is 1. The van der Waals surface area contributed by atoms with Gasteiger partial charge in [0.2, 0.25) is 5.91 Å². The van der Waals surface area contributed by atoms with Gasteiger partial charge >= 0.3 is 0 Å². The summed E-state index contributed by atoms with van der Waals surface area (Å²) in [5, 5.41) is 3.66. The topological polar surface area (TPSA) is 29.1 Å². The molecule has 2 rings (SSSR count). The number of halogens is 3. The van der Waals surface area contributed by atoms with Gasteiger partial charge in [-0.05, 0) is 30.9 Å². The van der Waals surface area contributed by atoms with E-state index < -0.39 is 11.6 Å². The predicted octanol–water partition coefficient (Wildman–Crippen LogP) is 3.97. The fourth-order valence-corrected chi connectivity index (χ4v) is 3.78. The Morgan fingerprint density at radius 1 is 1.43 bits per heavy atom. The second kappa shape index (κ2) is 6.86. The highest BCUT2D eigenvalue weighted by Crippen LogP contribution is 2.33. The van der Waals surface area contributed by atoms with Crippen molar-refractivity contribution in [3.05, 3.63) is 35.4 Å². The first-order chi connectivity index (χ1) is 9.96. The molecule has 0 aromatic heterocycles. The standard InChI is InChI=1S/C16H20BrF2NO/c1-11-4-3-7-16(9-11,10-17)20-15(21)8-12-13(18)5-2-6-14(12)19/h2,5-6,11H,3-4,7-10H2,1H3,(H,20,21). The Morgan fingerprint density at radius 2 is 2.10 bits per heavy atom. The monoisotopic (exact) mass is 359 g/mol. The van der Waals surface area contributed by atoms with Gasteiger partial charge in [-0.15, -0.1) is 0 Å². The van der Waals surface area contributed by atoms with Gasteiger partial charge < -0.3 is 5.32 Å². The molecular formula is C16H20BrF2NO. The third-order valence-corrected chi connectivity index (χ3v) is 5.22. The van der Waals surface area contributed by atoms with Crippen LogP contribution in [0.1, 0.15) is 38.2 Å². The highest BCUT2D eigenvalue weighted by Gasteiger charge is 2.35. The molecule has 1 N–H and O–H groups in total. The van der Waals surface area contributed by atoms with Crippen LogP contribution in [0.4, 0.5) is 8.78 Å². The van der Waals surface area contributed by atoms with Crippen LogP contribution in [-0.2, 0) is 11.2 Å². The maximum Gasteiger partial charge on any atom is 0.225 e. The van der Waals surface area contributed by atoms with Crippen LogP contribution >= 0.6 is 15.9 Å². The Bertz CT molecular complexity index is 503. The average Bonchev–Trinajstić information content (AvgIpc) is 2.43. The van der Waals surface area contributed by atoms with E-state index in [1.807, 2.05) is 0 Å². The Hall–Kier alpha value is -0.970. The van der Waals surface area contributed by atoms with Crippen molar-refractivity contribution >= 4 is 21.8 Å². The largest absolute Gasteiger partial charge is 0.350 e. The van der Waals surface area contributed by atoms with Gasteiger partial charge in [-0.1, -0.05) is 41.8 Å². The molecule has 116 valence electrons. The van der Waals surface area contributed by atoms with Gasteiger partial charge in [0.1, 0.15) is 11.6 Å². The smallest absolute Gasteiger partial charge is 0.225 e. The molecule has 1 saturated carbocycles. The quantitative estimate of drug-likeness (QED) is 0.809. The Balaban J connectivity index is 2.07. The number of carbonyl (C=O) groups is 1. The van der Waals surface area contributed by atoms with E-state index in [1.165, 1.54) is 18.2 Å². The van der Waals surface area contributed by atoms with Crippen molar-refractivity contribution in [2.24, 2.45) is 5.92 Å². The molecule has 1 aromatic carbocycles. The van der Waals surface area contributed by atoms with Crippen molar-refractivity contribution in [3.63, 3.8) is 0 Å². The first kappa shape index (κ1) is 16.4. The zero-order valence-corrected chi connectivity index (χ0v) is 13.7. The molecule has 1 fully saturated rings. The van der Waals surface area contributed by atoms with E-state index >= 15 is 0 Å². The lowest BCUT2D eigenvalue weighted by atomic mass is 9.77. The molecule has 2 atom stereocenters. The van der Waals surface area contributed by atoms with Crippen LogP contribution in [0, 0.1) is 17.6 Å². The molecule has 2 unspecified atom stereocenters. The van der Waals surface area contributed by atoms with E-state index in [-0.39, 0.29) is 23.4 Å². The van der Waals surface area contributed by atoms with Crippen LogP contribution in [0.2, 0.25) is 0 Å². The normalized spacial score (nSPS) is 25.6. The summed E-state index contributed by atoms with van der Waals surface area (Å²) in [6.45, 7) is 2.17. The van der Waals surface area contributed by atoms with E-state index in [4.69, 9.17) is 0 Å². The Kier molecular flexibility index (Phi) is 5.36. The molecule has 2 nitrogen and oxygen atoms in total. The zero-order valence-electron chi connectivity index (χ0n) is 12.1. The van der Waals surface area contributed by atoms with Crippen LogP contribution in [0.5, 0.6) is 0 Å². The number of benzene rings is 1. The minimum absolute atomic E-state index is 0.163. The van der Waals surface area contributed by atoms with Gasteiger partial charge in [-0.2, -0.15) is 0 Å². The van der Waals surface area contributed by atoms with Crippen molar-refractivity contribution in [2.45, 2.75) is 44.6 Å². The van der Waals surface area contributed by atoms with Crippen molar-refractivity contribution < 1.29 is 13.6 Å². The minimum Gasteiger partial charge on any atom is -0.350 e. The van der Waals surface area contributed by atoms with Crippen LogP contribution in [0.3, 0.4) is 0 Å². The summed E-state index contributed by atoms with van der Waals surface area (Å²) in [5.74, 6) is -1.13. The lowest BCUT2D eigenvalue weighted by Crippen LogP contribution is -2.53. The van der Waals surface area contributed by atoms with Crippen molar-refractivity contribution in [1.82, 2.24) is 5.32 Å². The van der Waals surface area contributed by atoms with Gasteiger partial charge in [-0.25, -0.2) is 8.78 Å². The van der Waals surface area contributed by atoms with Crippen LogP contribution in [-0.4, -0.2) is 16.8 Å². The highest BCUT2D eigenvalue weighted by molar-refractivity contribution is 9.09. The van der Waals surface area contributed by atoms with E-state index in [0.29, 0.717) is 11.2 Å². The first-order valence-electron chi connectivity index (χ1n) is 7.25. The van der Waals surface area contributed by atoms with Gasteiger partial charge in [0.05, 0.1) is 6.42 Å². The highest BCUT2D eigenvalue weighted by atomic mass is 79.9. The van der Waals surface area contributed by atoms with Crippen LogP contribution in [0.15, 0.2) is 18.2 Å². The molecule has 0 heterocycles.